The lowest BCUT2D eigenvalue weighted by Crippen LogP contribution is -2.50. The topological polar surface area (TPSA) is 119 Å². The van der Waals surface area contributed by atoms with E-state index in [4.69, 9.17) is 5.73 Å². The molecule has 0 aliphatic heterocycles. The molecule has 7 nitrogen and oxygen atoms in total. The summed E-state index contributed by atoms with van der Waals surface area (Å²) in [6.45, 7) is 0. The molecule has 10 heteroatoms. The summed E-state index contributed by atoms with van der Waals surface area (Å²) in [7, 11) is -7.10. The number of hydrogen-bond donors (Lipinski definition) is 2. The van der Waals surface area contributed by atoms with Crippen molar-refractivity contribution >= 4 is 32.3 Å². The predicted molar refractivity (Wildman–Crippen MR) is 75.9 cm³/mol. The van der Waals surface area contributed by atoms with Crippen LogP contribution in [0.3, 0.4) is 0 Å². The molecular weight excluding hydrogens is 326 g/mol. The van der Waals surface area contributed by atoms with Crippen LogP contribution in [0, 0.1) is 0 Å². The molecule has 1 fully saturated rings. The summed E-state index contributed by atoms with van der Waals surface area (Å²) in [4.78, 5) is 3.60. The van der Waals surface area contributed by atoms with Gasteiger partial charge in [0.15, 0.2) is 14.9 Å². The van der Waals surface area contributed by atoms with E-state index in [1.54, 1.807) is 0 Å². The summed E-state index contributed by atoms with van der Waals surface area (Å²) >= 11 is 0. The van der Waals surface area contributed by atoms with Crippen LogP contribution in [0.4, 0.5) is 0 Å². The third kappa shape index (κ3) is 3.89. The fourth-order valence-corrected chi connectivity index (χ4v) is 3.56. The summed E-state index contributed by atoms with van der Waals surface area (Å²) in [6, 6.07) is 2.29. The zero-order valence-electron chi connectivity index (χ0n) is 10.7. The minimum atomic E-state index is -3.67. The molecule has 20 heavy (non-hydrogen) atoms. The number of sulfone groups is 1. The van der Waals surface area contributed by atoms with Crippen molar-refractivity contribution < 1.29 is 16.8 Å². The second-order valence-electron chi connectivity index (χ2n) is 4.65. The van der Waals surface area contributed by atoms with Crippen molar-refractivity contribution in [2.45, 2.75) is 34.8 Å². The second-order valence-corrected chi connectivity index (χ2v) is 8.33. The van der Waals surface area contributed by atoms with Crippen LogP contribution in [-0.2, 0) is 19.9 Å². The Hall–Kier alpha value is -0.740. The minimum absolute atomic E-state index is 0. The molecule has 1 saturated carbocycles. The number of halogens is 1. The third-order valence-corrected chi connectivity index (χ3v) is 5.40. The lowest BCUT2D eigenvalue weighted by Gasteiger charge is -2.32. The van der Waals surface area contributed by atoms with Gasteiger partial charge in [-0.1, -0.05) is 0 Å². The van der Waals surface area contributed by atoms with Crippen molar-refractivity contribution in [2.75, 3.05) is 6.26 Å². The van der Waals surface area contributed by atoms with E-state index in [0.29, 0.717) is 12.8 Å². The van der Waals surface area contributed by atoms with Gasteiger partial charge >= 0.3 is 0 Å². The van der Waals surface area contributed by atoms with Gasteiger partial charge in [-0.2, -0.15) is 0 Å². The molecule has 0 atom stereocenters. The van der Waals surface area contributed by atoms with Gasteiger partial charge < -0.3 is 5.73 Å². The van der Waals surface area contributed by atoms with Crippen LogP contribution in [0.25, 0.3) is 0 Å². The van der Waals surface area contributed by atoms with Crippen molar-refractivity contribution in [3.8, 4) is 0 Å². The molecule has 1 heterocycles. The Morgan fingerprint density at radius 1 is 1.25 bits per heavy atom. The zero-order valence-corrected chi connectivity index (χ0v) is 13.1. The van der Waals surface area contributed by atoms with Crippen LogP contribution in [0.1, 0.15) is 12.8 Å². The highest BCUT2D eigenvalue weighted by Gasteiger charge is 2.30. The first-order valence-electron chi connectivity index (χ1n) is 5.62. The SMILES string of the molecule is CS(=O)(=O)c1ccc(S(=O)(=O)NC2CC(N)C2)cn1.Cl. The molecule has 0 saturated heterocycles. The lowest BCUT2D eigenvalue weighted by atomic mass is 9.89. The van der Waals surface area contributed by atoms with Gasteiger partial charge in [-0.05, 0) is 25.0 Å². The highest BCUT2D eigenvalue weighted by Crippen LogP contribution is 2.20. The van der Waals surface area contributed by atoms with Crippen LogP contribution in [0.2, 0.25) is 0 Å². The molecule has 0 amide bonds. The second kappa shape index (κ2) is 5.94. The number of hydrogen-bond acceptors (Lipinski definition) is 6. The van der Waals surface area contributed by atoms with Gasteiger partial charge in [0.05, 0.1) is 0 Å². The minimum Gasteiger partial charge on any atom is -0.328 e. The molecule has 1 aliphatic rings. The number of nitrogens with one attached hydrogen (secondary N) is 1. The van der Waals surface area contributed by atoms with Crippen LogP contribution < -0.4 is 10.5 Å². The maximum atomic E-state index is 12.0. The molecule has 114 valence electrons. The molecule has 2 rings (SSSR count). The van der Waals surface area contributed by atoms with Crippen LogP contribution >= 0.6 is 12.4 Å². The van der Waals surface area contributed by atoms with Gasteiger partial charge in [-0.3, -0.25) is 0 Å². The van der Waals surface area contributed by atoms with Crippen molar-refractivity contribution in [1.82, 2.24) is 9.71 Å². The van der Waals surface area contributed by atoms with E-state index in [9.17, 15) is 16.8 Å². The Labute approximate surface area is 124 Å². The number of nitrogens with zero attached hydrogens (tertiary/aromatic N) is 1. The van der Waals surface area contributed by atoms with E-state index in [0.717, 1.165) is 12.5 Å². The Morgan fingerprint density at radius 2 is 1.85 bits per heavy atom. The van der Waals surface area contributed by atoms with Crippen molar-refractivity contribution in [3.63, 3.8) is 0 Å². The lowest BCUT2D eigenvalue weighted by molar-refractivity contribution is 0.327. The summed E-state index contributed by atoms with van der Waals surface area (Å²) in [6.07, 6.45) is 3.26. The monoisotopic (exact) mass is 341 g/mol. The molecule has 0 bridgehead atoms. The van der Waals surface area contributed by atoms with Crippen LogP contribution in [-0.4, -0.2) is 40.2 Å². The molecule has 0 spiro atoms. The molecule has 0 unspecified atom stereocenters. The van der Waals surface area contributed by atoms with Gasteiger partial charge in [0, 0.05) is 24.5 Å². The van der Waals surface area contributed by atoms with Crippen molar-refractivity contribution in [2.24, 2.45) is 5.73 Å². The Bertz CT molecular complexity index is 667. The van der Waals surface area contributed by atoms with Gasteiger partial charge in [0.1, 0.15) is 4.90 Å². The highest BCUT2D eigenvalue weighted by molar-refractivity contribution is 7.90. The average Bonchev–Trinajstić information content (AvgIpc) is 2.26. The smallest absolute Gasteiger partial charge is 0.242 e. The Morgan fingerprint density at radius 3 is 2.25 bits per heavy atom. The molecule has 1 aromatic heterocycles. The van der Waals surface area contributed by atoms with E-state index < -0.39 is 19.9 Å². The number of sulfonamides is 1. The Kier molecular flexibility index (Phi) is 5.14. The molecule has 1 aliphatic carbocycles. The Balaban J connectivity index is 0.00000200. The van der Waals surface area contributed by atoms with E-state index in [2.05, 4.69) is 9.71 Å². The van der Waals surface area contributed by atoms with Gasteiger partial charge in [-0.15, -0.1) is 12.4 Å². The number of nitrogens with two attached hydrogens (primary N) is 1. The first kappa shape index (κ1) is 17.3. The summed E-state index contributed by atoms with van der Waals surface area (Å²) in [5, 5.41) is -0.155. The van der Waals surface area contributed by atoms with E-state index in [1.165, 1.54) is 12.1 Å². The van der Waals surface area contributed by atoms with Crippen LogP contribution in [0.15, 0.2) is 28.3 Å². The summed E-state index contributed by atoms with van der Waals surface area (Å²) in [5.41, 5.74) is 5.58. The molecule has 1 aromatic rings. The first-order chi connectivity index (χ1) is 8.68. The fraction of sp³-hybridized carbons (Fsp3) is 0.500. The van der Waals surface area contributed by atoms with Gasteiger partial charge in [0.2, 0.25) is 10.0 Å². The normalized spacial score (nSPS) is 22.7. The van der Waals surface area contributed by atoms with E-state index in [-0.39, 0.29) is 34.4 Å². The van der Waals surface area contributed by atoms with E-state index >= 15 is 0 Å². The predicted octanol–water partition coefficient (Wildman–Crippen LogP) is -0.325. The maximum Gasteiger partial charge on any atom is 0.242 e. The average molecular weight is 342 g/mol. The molecule has 0 radical (unpaired) electrons. The van der Waals surface area contributed by atoms with Gasteiger partial charge in [0.25, 0.3) is 0 Å². The van der Waals surface area contributed by atoms with Crippen LogP contribution in [0.5, 0.6) is 0 Å². The molecule has 0 aromatic carbocycles. The highest BCUT2D eigenvalue weighted by atomic mass is 35.5. The largest absolute Gasteiger partial charge is 0.328 e. The standard InChI is InChI=1S/C10H15N3O4S2.ClH/c1-18(14,15)10-3-2-9(6-12-10)19(16,17)13-8-4-7(11)5-8;/h2-3,6-8,13H,4-5,11H2,1H3;1H. The quantitative estimate of drug-likeness (QED) is 0.774. The first-order valence-corrected chi connectivity index (χ1v) is 9.00. The van der Waals surface area contributed by atoms with Crippen molar-refractivity contribution in [3.05, 3.63) is 18.3 Å². The zero-order chi connectivity index (χ0) is 14.3. The molecular formula is C10H16ClN3O4S2. The van der Waals surface area contributed by atoms with Crippen molar-refractivity contribution in [1.29, 1.82) is 0 Å². The van der Waals surface area contributed by atoms with Gasteiger partial charge in [-0.25, -0.2) is 26.5 Å². The summed E-state index contributed by atoms with van der Waals surface area (Å²) in [5.74, 6) is 0. The molecule has 3 N–H and O–H groups in total. The number of aromatic nitrogens is 1. The maximum absolute atomic E-state index is 12.0. The number of rotatable bonds is 4. The third-order valence-electron chi connectivity index (χ3n) is 2.90. The van der Waals surface area contributed by atoms with E-state index in [1.807, 2.05) is 0 Å². The number of pyridine rings is 1. The summed E-state index contributed by atoms with van der Waals surface area (Å²) < 4.78 is 48.9. The fourth-order valence-electron chi connectivity index (χ4n) is 1.79.